The van der Waals surface area contributed by atoms with Crippen LogP contribution >= 0.6 is 45.9 Å². The summed E-state index contributed by atoms with van der Waals surface area (Å²) in [5, 5.41) is 13.7. The van der Waals surface area contributed by atoms with E-state index in [1.54, 1.807) is 77.1 Å². The maximum atomic E-state index is 13.2. The van der Waals surface area contributed by atoms with Crippen LogP contribution in [-0.4, -0.2) is 82.6 Å². The second kappa shape index (κ2) is 24.9. The Hall–Kier alpha value is -4.87. The van der Waals surface area contributed by atoms with Gasteiger partial charge >= 0.3 is 6.18 Å². The van der Waals surface area contributed by atoms with Gasteiger partial charge in [0, 0.05) is 82.3 Å². The molecule has 4 aromatic carbocycles. The molecule has 0 unspecified atom stereocenters. The number of sulfonamides is 2. The van der Waals surface area contributed by atoms with Crippen molar-refractivity contribution in [2.75, 3.05) is 33.3 Å². The minimum atomic E-state index is -4.36. The molecule has 0 spiro atoms. The second-order valence-electron chi connectivity index (χ2n) is 17.0. The topological polar surface area (TPSA) is 166 Å². The van der Waals surface area contributed by atoms with Crippen LogP contribution in [0.4, 0.5) is 13.2 Å². The molecular weight excluding hydrogens is 1050 g/mol. The largest absolute Gasteiger partial charge is 0.497 e. The Morgan fingerprint density at radius 1 is 0.597 bits per heavy atom. The Bertz CT molecular complexity index is 3000. The van der Waals surface area contributed by atoms with Gasteiger partial charge in [-0.3, -0.25) is 9.59 Å². The van der Waals surface area contributed by atoms with Gasteiger partial charge in [0.15, 0.2) is 0 Å². The zero-order valence-corrected chi connectivity index (χ0v) is 43.7. The van der Waals surface area contributed by atoms with Gasteiger partial charge in [0.25, 0.3) is 31.9 Å². The predicted octanol–water partition coefficient (Wildman–Crippen LogP) is 9.58. The monoisotopic (exact) mass is 1100 g/mol. The van der Waals surface area contributed by atoms with Crippen molar-refractivity contribution in [3.63, 3.8) is 0 Å². The molecule has 4 N–H and O–H groups in total. The van der Waals surface area contributed by atoms with Gasteiger partial charge in [0.05, 0.1) is 25.8 Å². The third-order valence-electron chi connectivity index (χ3n) is 12.0. The average Bonchev–Trinajstić information content (AvgIpc) is 4.08. The Morgan fingerprint density at radius 2 is 1.10 bits per heavy atom. The second-order valence-corrected chi connectivity index (χ2v) is 24.5. The van der Waals surface area contributed by atoms with E-state index in [-0.39, 0.29) is 41.2 Å². The standard InChI is InChI=1S/C26H28F3N3O4S2.C24H25Cl2N3O3S2/c1-36-22-4-2-3-19(15-22)25(33)31-17-23-9-10-24(37-23)38(34,35)32-13-11-21(12-14-32)30-16-18-5-7-20(8-6-18)26(27,28)29;25-19-6-4-18(5-7-19)24(30)28-16-22-8-9-23(33-22)34(31,32)29-12-10-21(11-13-29)27-15-17-2-1-3-20(26)14-17/h2-10,15,21,30H,11-14,16-17H2,1H3,(H,31,33);1-9,14,21,27H,10-13,15-16H2,(H,28,30). The number of hydrogen-bond acceptors (Lipinski definition) is 11. The molecule has 13 nitrogen and oxygen atoms in total. The molecule has 22 heteroatoms. The Morgan fingerprint density at radius 3 is 1.60 bits per heavy atom. The number of halogens is 5. The van der Waals surface area contributed by atoms with Gasteiger partial charge < -0.3 is 26.0 Å². The summed E-state index contributed by atoms with van der Waals surface area (Å²) in [4.78, 5) is 26.2. The fraction of sp³-hybridized carbons (Fsp3) is 0.320. The fourth-order valence-electron chi connectivity index (χ4n) is 7.93. The normalized spacial score (nSPS) is 15.4. The first-order chi connectivity index (χ1) is 34.4. The SMILES string of the molecule is COc1cccc(C(=O)NCc2ccc(S(=O)(=O)N3CCC(NCc4ccc(C(F)(F)F)cc4)CC3)s2)c1.O=C(NCc1ccc(S(=O)(=O)N2CCC(NCc3cccc(Cl)c3)CC2)s1)c1ccc(Cl)cc1. The summed E-state index contributed by atoms with van der Waals surface area (Å²) in [6, 6.07) is 33.0. The quantitative estimate of drug-likeness (QED) is 0.0696. The summed E-state index contributed by atoms with van der Waals surface area (Å²) in [5.74, 6) is 0.0510. The van der Waals surface area contributed by atoms with E-state index in [1.165, 1.54) is 34.9 Å². The molecule has 2 aliphatic heterocycles. The molecule has 0 bridgehead atoms. The summed E-state index contributed by atoms with van der Waals surface area (Å²) >= 11 is 14.2. The van der Waals surface area contributed by atoms with Gasteiger partial charge in [-0.15, -0.1) is 22.7 Å². The smallest absolute Gasteiger partial charge is 0.416 e. The molecule has 2 amide bonds. The zero-order chi connectivity index (χ0) is 51.5. The van der Waals surface area contributed by atoms with Crippen LogP contribution in [-0.2, 0) is 52.4 Å². The van der Waals surface area contributed by atoms with Crippen LogP contribution in [0, 0.1) is 0 Å². The van der Waals surface area contributed by atoms with Crippen LogP contribution in [0.5, 0.6) is 5.75 Å². The van der Waals surface area contributed by atoms with Crippen molar-refractivity contribution in [2.45, 2.75) is 78.5 Å². The number of methoxy groups -OCH3 is 1. The molecule has 0 atom stereocenters. The van der Waals surface area contributed by atoms with Crippen LogP contribution < -0.4 is 26.0 Å². The van der Waals surface area contributed by atoms with Gasteiger partial charge in [-0.05, 0) is 128 Å². The number of ether oxygens (including phenoxy) is 1. The highest BCUT2D eigenvalue weighted by molar-refractivity contribution is 7.91. The van der Waals surface area contributed by atoms with Crippen molar-refractivity contribution >= 4 is 77.7 Å². The number of thiophene rings is 2. The van der Waals surface area contributed by atoms with Crippen molar-refractivity contribution in [1.29, 1.82) is 0 Å². The first kappa shape index (κ1) is 54.9. The molecule has 2 aromatic heterocycles. The van der Waals surface area contributed by atoms with Gasteiger partial charge in [-0.2, -0.15) is 21.8 Å². The lowest BCUT2D eigenvalue weighted by Crippen LogP contribution is -2.44. The van der Waals surface area contributed by atoms with Gasteiger partial charge in [-0.1, -0.05) is 53.5 Å². The summed E-state index contributed by atoms with van der Waals surface area (Å²) < 4.78 is 99.4. The molecule has 2 aliphatic rings. The van der Waals surface area contributed by atoms with E-state index in [9.17, 15) is 39.6 Å². The molecule has 0 saturated carbocycles. The Balaban J connectivity index is 0.000000213. The molecule has 2 saturated heterocycles. The zero-order valence-electron chi connectivity index (χ0n) is 39.0. The number of nitrogens with one attached hydrogen (secondary N) is 4. The lowest BCUT2D eigenvalue weighted by molar-refractivity contribution is -0.137. The number of carbonyl (C=O) groups excluding carboxylic acids is 2. The maximum Gasteiger partial charge on any atom is 0.416 e. The lowest BCUT2D eigenvalue weighted by Gasteiger charge is -2.31. The third kappa shape index (κ3) is 15.1. The van der Waals surface area contributed by atoms with Crippen LogP contribution in [0.1, 0.15) is 72.8 Å². The number of amides is 2. The fourth-order valence-corrected chi connectivity index (χ4v) is 14.1. The lowest BCUT2D eigenvalue weighted by atomic mass is 10.1. The van der Waals surface area contributed by atoms with Gasteiger partial charge in [0.1, 0.15) is 14.2 Å². The van der Waals surface area contributed by atoms with E-state index in [0.29, 0.717) is 88.1 Å². The van der Waals surface area contributed by atoms with Crippen molar-refractivity contribution in [3.05, 3.63) is 169 Å². The Labute approximate surface area is 435 Å². The van der Waals surface area contributed by atoms with Crippen LogP contribution in [0.3, 0.4) is 0 Å². The molecule has 2 fully saturated rings. The number of alkyl halides is 3. The van der Waals surface area contributed by atoms with Crippen LogP contribution in [0.25, 0.3) is 0 Å². The summed E-state index contributed by atoms with van der Waals surface area (Å²) in [6.07, 6.45) is -1.69. The minimum Gasteiger partial charge on any atom is -0.497 e. The van der Waals surface area contributed by atoms with Crippen molar-refractivity contribution < 1.29 is 44.3 Å². The number of benzene rings is 4. The van der Waals surface area contributed by atoms with Crippen molar-refractivity contribution in [3.8, 4) is 5.75 Å². The molecule has 384 valence electrons. The summed E-state index contributed by atoms with van der Waals surface area (Å²) in [6.45, 7) is 3.19. The van der Waals surface area contributed by atoms with E-state index in [2.05, 4.69) is 21.3 Å². The molecule has 6 aromatic rings. The third-order valence-corrected chi connectivity index (χ3v) is 19.4. The average molecular weight is 1110 g/mol. The predicted molar refractivity (Wildman–Crippen MR) is 276 cm³/mol. The number of rotatable bonds is 17. The first-order valence-corrected chi connectivity index (χ1v) is 28.2. The number of carbonyl (C=O) groups is 2. The van der Waals surface area contributed by atoms with Crippen molar-refractivity contribution in [2.24, 2.45) is 0 Å². The Kier molecular flexibility index (Phi) is 19.0. The number of hydrogen-bond donors (Lipinski definition) is 4. The molecule has 0 radical (unpaired) electrons. The maximum absolute atomic E-state index is 13.2. The molecule has 4 heterocycles. The van der Waals surface area contributed by atoms with E-state index < -0.39 is 31.8 Å². The first-order valence-electron chi connectivity index (χ1n) is 22.9. The highest BCUT2D eigenvalue weighted by atomic mass is 35.5. The van der Waals surface area contributed by atoms with Crippen LogP contribution in [0.2, 0.25) is 10.0 Å². The minimum absolute atomic E-state index is 0.0643. The van der Waals surface area contributed by atoms with Crippen molar-refractivity contribution in [1.82, 2.24) is 29.9 Å². The molecule has 0 aliphatic carbocycles. The highest BCUT2D eigenvalue weighted by Crippen LogP contribution is 2.31. The number of piperidine rings is 2. The van der Waals surface area contributed by atoms with Gasteiger partial charge in [-0.25, -0.2) is 16.8 Å². The van der Waals surface area contributed by atoms with E-state index in [4.69, 9.17) is 27.9 Å². The van der Waals surface area contributed by atoms with E-state index in [1.807, 2.05) is 24.3 Å². The van der Waals surface area contributed by atoms with E-state index >= 15 is 0 Å². The summed E-state index contributed by atoms with van der Waals surface area (Å²) in [5.41, 5.74) is 2.11. The molecule has 8 rings (SSSR count). The molecule has 72 heavy (non-hydrogen) atoms. The number of nitrogens with zero attached hydrogens (tertiary/aromatic N) is 2. The summed E-state index contributed by atoms with van der Waals surface area (Å²) in [7, 11) is -5.69. The van der Waals surface area contributed by atoms with E-state index in [0.717, 1.165) is 52.3 Å². The van der Waals surface area contributed by atoms with Gasteiger partial charge in [0.2, 0.25) is 0 Å². The molecular formula is C50H53Cl2F3N6O7S4. The van der Waals surface area contributed by atoms with Crippen LogP contribution in [0.15, 0.2) is 130 Å². The highest BCUT2D eigenvalue weighted by Gasteiger charge is 2.33.